The van der Waals surface area contributed by atoms with Gasteiger partial charge in [-0.05, 0) is 17.7 Å². The lowest BCUT2D eigenvalue weighted by Gasteiger charge is -2.39. The maximum atomic E-state index is 10.3. The van der Waals surface area contributed by atoms with Gasteiger partial charge in [0.15, 0.2) is 6.29 Å². The van der Waals surface area contributed by atoms with Crippen molar-refractivity contribution in [3.05, 3.63) is 29.8 Å². The Morgan fingerprint density at radius 3 is 2.62 bits per heavy atom. The van der Waals surface area contributed by atoms with Gasteiger partial charge in [-0.2, -0.15) is 0 Å². The van der Waals surface area contributed by atoms with E-state index in [0.717, 1.165) is 11.3 Å². The van der Waals surface area contributed by atoms with Gasteiger partial charge >= 0.3 is 0 Å². The molecule has 24 heavy (non-hydrogen) atoms. The topological polar surface area (TPSA) is 77.4 Å². The van der Waals surface area contributed by atoms with E-state index in [-0.39, 0.29) is 13.0 Å². The maximum Gasteiger partial charge on any atom is 0.166 e. The normalized spacial score (nSPS) is 28.1. The van der Waals surface area contributed by atoms with Crippen LogP contribution < -0.4 is 4.74 Å². The molecule has 0 unspecified atom stereocenters. The Hall–Kier alpha value is -1.62. The van der Waals surface area contributed by atoms with Crippen LogP contribution in [0.5, 0.6) is 5.75 Å². The zero-order valence-electron chi connectivity index (χ0n) is 13.9. The van der Waals surface area contributed by atoms with Crippen LogP contribution in [0.25, 0.3) is 0 Å². The number of terminal acetylenes is 1. The van der Waals surface area contributed by atoms with Crippen molar-refractivity contribution in [3.63, 3.8) is 0 Å². The third-order valence-electron chi connectivity index (χ3n) is 4.09. The van der Waals surface area contributed by atoms with Crippen LogP contribution in [-0.4, -0.2) is 55.6 Å². The summed E-state index contributed by atoms with van der Waals surface area (Å²) in [6.45, 7) is 0.396. The van der Waals surface area contributed by atoms with E-state index in [0.29, 0.717) is 6.61 Å². The minimum atomic E-state index is -0.929. The van der Waals surface area contributed by atoms with Crippen molar-refractivity contribution in [1.29, 1.82) is 0 Å². The van der Waals surface area contributed by atoms with Crippen LogP contribution in [0.4, 0.5) is 0 Å². The second-order valence-corrected chi connectivity index (χ2v) is 5.71. The average Bonchev–Trinajstić information content (AvgIpc) is 2.61. The zero-order chi connectivity index (χ0) is 17.5. The summed E-state index contributed by atoms with van der Waals surface area (Å²) in [5.41, 5.74) is 0.958. The van der Waals surface area contributed by atoms with Crippen LogP contribution >= 0.6 is 0 Å². The quantitative estimate of drug-likeness (QED) is 0.722. The standard InChI is InChI=1S/C18H24O6/c1-4-13-9-15(19)17(18(22-3)24-13)16(20)11-23-10-12-5-7-14(21-2)8-6-12/h1,5-8,13,15-20H,9-11H2,2-3H3/t13-,15-,16-,17-,18+/m1/s1. The molecule has 0 aliphatic carbocycles. The van der Waals surface area contributed by atoms with E-state index in [9.17, 15) is 10.2 Å². The fourth-order valence-electron chi connectivity index (χ4n) is 2.75. The van der Waals surface area contributed by atoms with Crippen LogP contribution in [0.1, 0.15) is 12.0 Å². The number of hydrogen-bond donors (Lipinski definition) is 2. The third kappa shape index (κ3) is 4.69. The Kier molecular flexibility index (Phi) is 7.03. The summed E-state index contributed by atoms with van der Waals surface area (Å²) in [4.78, 5) is 0. The first-order valence-corrected chi connectivity index (χ1v) is 7.80. The molecular weight excluding hydrogens is 312 g/mol. The Labute approximate surface area is 142 Å². The number of ether oxygens (including phenoxy) is 4. The molecule has 2 rings (SSSR count). The lowest BCUT2D eigenvalue weighted by Crippen LogP contribution is -2.51. The molecule has 0 aromatic heterocycles. The van der Waals surface area contributed by atoms with Crippen molar-refractivity contribution in [2.75, 3.05) is 20.8 Å². The van der Waals surface area contributed by atoms with Crippen molar-refractivity contribution < 1.29 is 29.2 Å². The summed E-state index contributed by atoms with van der Waals surface area (Å²) in [6.07, 6.45) is 2.56. The molecule has 1 aliphatic heterocycles. The molecule has 1 heterocycles. The van der Waals surface area contributed by atoms with Gasteiger partial charge in [0.1, 0.15) is 11.9 Å². The SMILES string of the molecule is C#C[C@@H]1C[C@@H](O)[C@H]([C@H](O)COCc2ccc(OC)cc2)[C@@H](OC)O1. The second-order valence-electron chi connectivity index (χ2n) is 5.71. The van der Waals surface area contributed by atoms with Crippen LogP contribution in [0.15, 0.2) is 24.3 Å². The zero-order valence-corrected chi connectivity index (χ0v) is 13.9. The minimum absolute atomic E-state index is 0.0533. The van der Waals surface area contributed by atoms with E-state index in [2.05, 4.69) is 5.92 Å². The number of aliphatic hydroxyl groups excluding tert-OH is 2. The predicted molar refractivity (Wildman–Crippen MR) is 87.3 cm³/mol. The van der Waals surface area contributed by atoms with E-state index >= 15 is 0 Å². The Morgan fingerprint density at radius 2 is 2.04 bits per heavy atom. The molecule has 1 aromatic rings. The van der Waals surface area contributed by atoms with Crippen molar-refractivity contribution in [2.24, 2.45) is 5.92 Å². The van der Waals surface area contributed by atoms with Crippen LogP contribution in [-0.2, 0) is 20.8 Å². The van der Waals surface area contributed by atoms with Crippen molar-refractivity contribution in [3.8, 4) is 18.1 Å². The van der Waals surface area contributed by atoms with E-state index in [1.54, 1.807) is 7.11 Å². The molecule has 1 fully saturated rings. The lowest BCUT2D eigenvalue weighted by molar-refractivity contribution is -0.248. The van der Waals surface area contributed by atoms with Gasteiger partial charge in [0.25, 0.3) is 0 Å². The first kappa shape index (κ1) is 18.7. The summed E-state index contributed by atoms with van der Waals surface area (Å²) >= 11 is 0. The monoisotopic (exact) mass is 336 g/mol. The molecule has 132 valence electrons. The van der Waals surface area contributed by atoms with E-state index in [4.69, 9.17) is 25.4 Å². The molecule has 5 atom stereocenters. The number of hydrogen-bond acceptors (Lipinski definition) is 6. The highest BCUT2D eigenvalue weighted by molar-refractivity contribution is 5.26. The molecule has 0 spiro atoms. The van der Waals surface area contributed by atoms with E-state index in [1.165, 1.54) is 7.11 Å². The molecule has 2 N–H and O–H groups in total. The smallest absolute Gasteiger partial charge is 0.166 e. The molecule has 0 bridgehead atoms. The van der Waals surface area contributed by atoms with Gasteiger partial charge in [-0.3, -0.25) is 0 Å². The molecule has 0 radical (unpaired) electrons. The number of rotatable bonds is 7. The Morgan fingerprint density at radius 1 is 1.33 bits per heavy atom. The largest absolute Gasteiger partial charge is 0.497 e. The van der Waals surface area contributed by atoms with Crippen molar-refractivity contribution in [1.82, 2.24) is 0 Å². The van der Waals surface area contributed by atoms with Crippen LogP contribution in [0, 0.1) is 18.3 Å². The summed E-state index contributed by atoms with van der Waals surface area (Å²) in [7, 11) is 3.06. The number of methoxy groups -OCH3 is 2. The van der Waals surface area contributed by atoms with Crippen molar-refractivity contribution >= 4 is 0 Å². The predicted octanol–water partition coefficient (Wildman–Crippen LogP) is 0.944. The Balaban J connectivity index is 1.86. The molecule has 1 aliphatic rings. The van der Waals surface area contributed by atoms with Gasteiger partial charge < -0.3 is 29.2 Å². The van der Waals surface area contributed by atoms with Crippen LogP contribution in [0.2, 0.25) is 0 Å². The molecule has 6 heteroatoms. The molecule has 0 amide bonds. The van der Waals surface area contributed by atoms with Crippen LogP contribution in [0.3, 0.4) is 0 Å². The molecular formula is C18H24O6. The van der Waals surface area contributed by atoms with E-state index < -0.39 is 30.5 Å². The molecule has 0 saturated carbocycles. The van der Waals surface area contributed by atoms with Gasteiger partial charge in [0.05, 0.1) is 38.4 Å². The number of benzene rings is 1. The highest BCUT2D eigenvalue weighted by Gasteiger charge is 2.41. The fourth-order valence-corrected chi connectivity index (χ4v) is 2.75. The molecule has 1 saturated heterocycles. The summed E-state index contributed by atoms with van der Waals surface area (Å²) in [5, 5.41) is 20.6. The van der Waals surface area contributed by atoms with Gasteiger partial charge in [-0.25, -0.2) is 0 Å². The Bertz CT molecular complexity index is 537. The number of aliphatic hydroxyl groups is 2. The van der Waals surface area contributed by atoms with Crippen molar-refractivity contribution in [2.45, 2.75) is 37.6 Å². The molecule has 1 aromatic carbocycles. The van der Waals surface area contributed by atoms with E-state index in [1.807, 2.05) is 24.3 Å². The van der Waals surface area contributed by atoms with Gasteiger partial charge in [0.2, 0.25) is 0 Å². The second kappa shape index (κ2) is 9.02. The fraction of sp³-hybridized carbons (Fsp3) is 0.556. The van der Waals surface area contributed by atoms with Gasteiger partial charge in [-0.15, -0.1) is 6.42 Å². The molecule has 6 nitrogen and oxygen atoms in total. The summed E-state index contributed by atoms with van der Waals surface area (Å²) in [5.74, 6) is 2.60. The maximum absolute atomic E-state index is 10.3. The third-order valence-corrected chi connectivity index (χ3v) is 4.09. The first-order valence-electron chi connectivity index (χ1n) is 7.80. The highest BCUT2D eigenvalue weighted by Crippen LogP contribution is 2.29. The highest BCUT2D eigenvalue weighted by atomic mass is 16.7. The van der Waals surface area contributed by atoms with Gasteiger partial charge in [0, 0.05) is 13.5 Å². The minimum Gasteiger partial charge on any atom is -0.497 e. The van der Waals surface area contributed by atoms with Gasteiger partial charge in [-0.1, -0.05) is 18.1 Å². The average molecular weight is 336 g/mol. The summed E-state index contributed by atoms with van der Waals surface area (Å²) < 4.78 is 21.4. The first-order chi connectivity index (χ1) is 11.6. The lowest BCUT2D eigenvalue weighted by atomic mass is 9.89. The summed E-state index contributed by atoms with van der Waals surface area (Å²) in [6, 6.07) is 7.46.